The van der Waals surface area contributed by atoms with Crippen LogP contribution in [0.2, 0.25) is 0 Å². The van der Waals surface area contributed by atoms with Crippen LogP contribution < -0.4 is 4.74 Å². The first kappa shape index (κ1) is 12.8. The van der Waals surface area contributed by atoms with Crippen LogP contribution >= 0.6 is 15.9 Å². The zero-order valence-corrected chi connectivity index (χ0v) is 11.2. The van der Waals surface area contributed by atoms with Crippen molar-refractivity contribution in [2.75, 3.05) is 7.11 Å². The number of halogens is 2. The van der Waals surface area contributed by atoms with Crippen LogP contribution in [0.4, 0.5) is 4.39 Å². The van der Waals surface area contributed by atoms with Gasteiger partial charge in [-0.25, -0.2) is 4.39 Å². The third-order valence-corrected chi connectivity index (χ3v) is 3.14. The Morgan fingerprint density at radius 2 is 1.72 bits per heavy atom. The maximum absolute atomic E-state index is 12.8. The van der Waals surface area contributed by atoms with Gasteiger partial charge >= 0.3 is 0 Å². The van der Waals surface area contributed by atoms with Gasteiger partial charge in [0, 0.05) is 11.1 Å². The van der Waals surface area contributed by atoms with Gasteiger partial charge in [-0.05, 0) is 58.4 Å². The van der Waals surface area contributed by atoms with Gasteiger partial charge in [0.2, 0.25) is 0 Å². The second-order valence-electron chi connectivity index (χ2n) is 3.69. The van der Waals surface area contributed by atoms with Crippen molar-refractivity contribution in [3.8, 4) is 5.75 Å². The van der Waals surface area contributed by atoms with Gasteiger partial charge in [0.15, 0.2) is 5.78 Å². The molecular formula is C14H10BrFO2. The first-order valence-electron chi connectivity index (χ1n) is 5.25. The van der Waals surface area contributed by atoms with Crippen LogP contribution in [0.25, 0.3) is 0 Å². The third kappa shape index (κ3) is 2.59. The molecule has 0 heterocycles. The second kappa shape index (κ2) is 5.31. The van der Waals surface area contributed by atoms with Crippen LogP contribution in [-0.4, -0.2) is 12.9 Å². The van der Waals surface area contributed by atoms with Crippen molar-refractivity contribution in [2.45, 2.75) is 0 Å². The summed E-state index contributed by atoms with van der Waals surface area (Å²) in [4.78, 5) is 12.1. The van der Waals surface area contributed by atoms with E-state index in [0.717, 1.165) is 0 Å². The lowest BCUT2D eigenvalue weighted by molar-refractivity contribution is 0.103. The molecule has 0 aliphatic heterocycles. The smallest absolute Gasteiger partial charge is 0.193 e. The molecule has 0 bridgehead atoms. The summed E-state index contributed by atoms with van der Waals surface area (Å²) < 4.78 is 18.6. The molecule has 0 aliphatic carbocycles. The van der Waals surface area contributed by atoms with E-state index >= 15 is 0 Å². The summed E-state index contributed by atoms with van der Waals surface area (Å²) in [6.45, 7) is 0. The molecule has 18 heavy (non-hydrogen) atoms. The van der Waals surface area contributed by atoms with Crippen molar-refractivity contribution in [3.05, 3.63) is 63.9 Å². The molecule has 4 heteroatoms. The van der Waals surface area contributed by atoms with E-state index in [1.807, 2.05) is 0 Å². The van der Waals surface area contributed by atoms with E-state index in [1.54, 1.807) is 25.3 Å². The number of carbonyl (C=O) groups is 1. The average molecular weight is 309 g/mol. The predicted octanol–water partition coefficient (Wildman–Crippen LogP) is 3.83. The highest BCUT2D eigenvalue weighted by Gasteiger charge is 2.11. The summed E-state index contributed by atoms with van der Waals surface area (Å²) in [6.07, 6.45) is 0. The fourth-order valence-corrected chi connectivity index (χ4v) is 2.12. The molecule has 0 aromatic heterocycles. The van der Waals surface area contributed by atoms with Crippen molar-refractivity contribution < 1.29 is 13.9 Å². The SMILES string of the molecule is COc1ccc(C(=O)c2ccc(F)cc2)cc1Br. The molecular weight excluding hydrogens is 299 g/mol. The van der Waals surface area contributed by atoms with E-state index in [-0.39, 0.29) is 11.6 Å². The van der Waals surface area contributed by atoms with Gasteiger partial charge in [-0.2, -0.15) is 0 Å². The Balaban J connectivity index is 2.34. The predicted molar refractivity (Wildman–Crippen MR) is 70.5 cm³/mol. The van der Waals surface area contributed by atoms with Crippen molar-refractivity contribution in [3.63, 3.8) is 0 Å². The lowest BCUT2D eigenvalue weighted by Crippen LogP contribution is -2.01. The van der Waals surface area contributed by atoms with Crippen LogP contribution in [0.15, 0.2) is 46.9 Å². The number of methoxy groups -OCH3 is 1. The molecule has 0 atom stereocenters. The number of ether oxygens (including phenoxy) is 1. The molecule has 0 unspecified atom stereocenters. The van der Waals surface area contributed by atoms with Crippen molar-refractivity contribution in [1.82, 2.24) is 0 Å². The van der Waals surface area contributed by atoms with Crippen LogP contribution in [0.3, 0.4) is 0 Å². The van der Waals surface area contributed by atoms with E-state index < -0.39 is 0 Å². The van der Waals surface area contributed by atoms with Crippen LogP contribution in [0.5, 0.6) is 5.75 Å². The van der Waals surface area contributed by atoms with Gasteiger partial charge in [0.05, 0.1) is 11.6 Å². The van der Waals surface area contributed by atoms with E-state index in [0.29, 0.717) is 21.3 Å². The molecule has 0 amide bonds. The summed E-state index contributed by atoms with van der Waals surface area (Å²) >= 11 is 3.32. The maximum Gasteiger partial charge on any atom is 0.193 e. The average Bonchev–Trinajstić information content (AvgIpc) is 2.38. The van der Waals surface area contributed by atoms with Gasteiger partial charge < -0.3 is 4.74 Å². The first-order valence-corrected chi connectivity index (χ1v) is 6.05. The summed E-state index contributed by atoms with van der Waals surface area (Å²) in [6, 6.07) is 10.5. The number of hydrogen-bond acceptors (Lipinski definition) is 2. The molecule has 2 aromatic carbocycles. The van der Waals surface area contributed by atoms with Gasteiger partial charge in [-0.15, -0.1) is 0 Å². The molecule has 0 fully saturated rings. The van der Waals surface area contributed by atoms with Gasteiger partial charge in [0.25, 0.3) is 0 Å². The summed E-state index contributed by atoms with van der Waals surface area (Å²) in [7, 11) is 1.56. The molecule has 0 aliphatic rings. The molecule has 2 aromatic rings. The lowest BCUT2D eigenvalue weighted by atomic mass is 10.0. The Kier molecular flexibility index (Phi) is 3.77. The molecule has 0 saturated heterocycles. The summed E-state index contributed by atoms with van der Waals surface area (Å²) in [5.74, 6) is 0.145. The lowest BCUT2D eigenvalue weighted by Gasteiger charge is -2.06. The number of carbonyl (C=O) groups excluding carboxylic acids is 1. The highest BCUT2D eigenvalue weighted by atomic mass is 79.9. The minimum Gasteiger partial charge on any atom is -0.496 e. The Morgan fingerprint density at radius 1 is 1.11 bits per heavy atom. The van der Waals surface area contributed by atoms with Crippen LogP contribution in [0, 0.1) is 5.82 Å². The number of ketones is 1. The monoisotopic (exact) mass is 308 g/mol. The number of benzene rings is 2. The van der Waals surface area contributed by atoms with E-state index in [1.165, 1.54) is 24.3 Å². The van der Waals surface area contributed by atoms with Gasteiger partial charge in [-0.3, -0.25) is 4.79 Å². The quantitative estimate of drug-likeness (QED) is 0.806. The first-order chi connectivity index (χ1) is 8.61. The molecule has 2 nitrogen and oxygen atoms in total. The van der Waals surface area contributed by atoms with Gasteiger partial charge in [0.1, 0.15) is 11.6 Å². The fourth-order valence-electron chi connectivity index (χ4n) is 1.58. The zero-order chi connectivity index (χ0) is 13.1. The Hall–Kier alpha value is -1.68. The Morgan fingerprint density at radius 3 is 2.28 bits per heavy atom. The van der Waals surface area contributed by atoms with E-state index in [2.05, 4.69) is 15.9 Å². The minimum absolute atomic E-state index is 0.154. The number of rotatable bonds is 3. The maximum atomic E-state index is 12.8. The van der Waals surface area contributed by atoms with Crippen LogP contribution in [0.1, 0.15) is 15.9 Å². The minimum atomic E-state index is -0.359. The van der Waals surface area contributed by atoms with E-state index in [9.17, 15) is 9.18 Å². The summed E-state index contributed by atoms with van der Waals surface area (Å²) in [5, 5.41) is 0. The highest BCUT2D eigenvalue weighted by molar-refractivity contribution is 9.10. The molecule has 0 saturated carbocycles. The van der Waals surface area contributed by atoms with Crippen molar-refractivity contribution in [2.24, 2.45) is 0 Å². The molecule has 0 spiro atoms. The molecule has 92 valence electrons. The van der Waals surface area contributed by atoms with E-state index in [4.69, 9.17) is 4.74 Å². The summed E-state index contributed by atoms with van der Waals surface area (Å²) in [5.41, 5.74) is 0.975. The molecule has 0 N–H and O–H groups in total. The second-order valence-corrected chi connectivity index (χ2v) is 4.54. The van der Waals surface area contributed by atoms with Crippen LogP contribution in [-0.2, 0) is 0 Å². The third-order valence-electron chi connectivity index (χ3n) is 2.52. The Bertz CT molecular complexity index is 579. The zero-order valence-electron chi connectivity index (χ0n) is 9.61. The fraction of sp³-hybridized carbons (Fsp3) is 0.0714. The van der Waals surface area contributed by atoms with Crippen molar-refractivity contribution >= 4 is 21.7 Å². The van der Waals surface area contributed by atoms with Crippen molar-refractivity contribution in [1.29, 1.82) is 0 Å². The molecule has 2 rings (SSSR count). The topological polar surface area (TPSA) is 26.3 Å². The highest BCUT2D eigenvalue weighted by Crippen LogP contribution is 2.26. The largest absolute Gasteiger partial charge is 0.496 e. The number of hydrogen-bond donors (Lipinski definition) is 0. The normalized spacial score (nSPS) is 10.2. The molecule has 0 radical (unpaired) electrons. The van der Waals surface area contributed by atoms with Gasteiger partial charge in [-0.1, -0.05) is 0 Å². The standard InChI is InChI=1S/C14H10BrFO2/c1-18-13-7-4-10(8-12(13)15)14(17)9-2-5-11(16)6-3-9/h2-8H,1H3. The Labute approximate surface area is 113 Å².